The molecule has 1 aliphatic carbocycles. The van der Waals surface area contributed by atoms with Crippen LogP contribution in [0.4, 0.5) is 13.2 Å². The lowest BCUT2D eigenvalue weighted by Crippen LogP contribution is -2.59. The highest BCUT2D eigenvalue weighted by Gasteiger charge is 2.42. The van der Waals surface area contributed by atoms with E-state index in [0.29, 0.717) is 18.6 Å². The predicted molar refractivity (Wildman–Crippen MR) is 76.1 cm³/mol. The van der Waals surface area contributed by atoms with Crippen molar-refractivity contribution < 1.29 is 21.6 Å². The van der Waals surface area contributed by atoms with Crippen molar-refractivity contribution in [1.82, 2.24) is 4.72 Å². The molecule has 3 N–H and O–H groups in total. The van der Waals surface area contributed by atoms with Crippen LogP contribution in [0.15, 0.2) is 17.0 Å². The smallest absolute Gasteiger partial charge is 0.246 e. The average Bonchev–Trinajstić information content (AvgIpc) is 2.39. The van der Waals surface area contributed by atoms with Crippen molar-refractivity contribution in [2.24, 2.45) is 11.7 Å². The number of nitrogens with two attached hydrogens (primary N) is 1. The van der Waals surface area contributed by atoms with Crippen molar-refractivity contribution in [1.29, 1.82) is 0 Å². The summed E-state index contributed by atoms with van der Waals surface area (Å²) in [5.41, 5.74) is 4.80. The minimum Gasteiger partial charge on any atom is -0.329 e. The fraction of sp³-hybridized carbons (Fsp3) is 0.571. The molecule has 2 unspecified atom stereocenters. The Morgan fingerprint density at radius 1 is 1.27 bits per heavy atom. The van der Waals surface area contributed by atoms with Crippen molar-refractivity contribution >= 4 is 10.0 Å². The molecule has 4 nitrogen and oxygen atoms in total. The molecule has 8 heteroatoms. The minimum absolute atomic E-state index is 0.0256. The maximum atomic E-state index is 13.8. The molecule has 0 amide bonds. The fourth-order valence-electron chi connectivity index (χ4n) is 3.01. The molecule has 2 rings (SSSR count). The Morgan fingerprint density at radius 3 is 2.36 bits per heavy atom. The quantitative estimate of drug-likeness (QED) is 0.886. The lowest BCUT2D eigenvalue weighted by atomic mass is 9.74. The number of nitrogens with one attached hydrogen (secondary N) is 1. The summed E-state index contributed by atoms with van der Waals surface area (Å²) >= 11 is 0. The molecule has 1 saturated carbocycles. The maximum absolute atomic E-state index is 13.8. The van der Waals surface area contributed by atoms with Crippen LogP contribution in [0.25, 0.3) is 0 Å². The van der Waals surface area contributed by atoms with Gasteiger partial charge in [0.15, 0.2) is 4.90 Å². The lowest BCUT2D eigenvalue weighted by Gasteiger charge is -2.42. The summed E-state index contributed by atoms with van der Waals surface area (Å²) in [5.74, 6) is -4.15. The number of benzene rings is 1. The van der Waals surface area contributed by atoms with E-state index in [0.717, 1.165) is 19.3 Å². The summed E-state index contributed by atoms with van der Waals surface area (Å²) in [7, 11) is -4.49. The van der Waals surface area contributed by atoms with Crippen molar-refractivity contribution in [3.05, 3.63) is 29.6 Å². The maximum Gasteiger partial charge on any atom is 0.246 e. The van der Waals surface area contributed by atoms with Gasteiger partial charge in [-0.05, 0) is 18.8 Å². The van der Waals surface area contributed by atoms with E-state index in [-0.39, 0.29) is 12.5 Å². The molecule has 0 radical (unpaired) electrons. The van der Waals surface area contributed by atoms with E-state index in [1.165, 1.54) is 0 Å². The van der Waals surface area contributed by atoms with Crippen LogP contribution >= 0.6 is 0 Å². The average molecular weight is 336 g/mol. The van der Waals surface area contributed by atoms with Crippen molar-refractivity contribution in [2.75, 3.05) is 6.54 Å². The Bertz CT molecular complexity index is 643. The van der Waals surface area contributed by atoms with E-state index in [2.05, 4.69) is 4.72 Å². The fourth-order valence-corrected chi connectivity index (χ4v) is 4.67. The first-order chi connectivity index (χ1) is 10.2. The van der Waals surface area contributed by atoms with Crippen molar-refractivity contribution in [3.8, 4) is 0 Å². The summed E-state index contributed by atoms with van der Waals surface area (Å²) in [6.07, 6.45) is 2.99. The van der Waals surface area contributed by atoms with Gasteiger partial charge in [0.25, 0.3) is 0 Å². The molecular weight excluding hydrogens is 317 g/mol. The molecule has 0 saturated heterocycles. The highest BCUT2D eigenvalue weighted by atomic mass is 32.2. The summed E-state index contributed by atoms with van der Waals surface area (Å²) in [4.78, 5) is -1.17. The zero-order chi connectivity index (χ0) is 16.5. The molecule has 0 heterocycles. The van der Waals surface area contributed by atoms with Crippen LogP contribution in [0.1, 0.15) is 32.6 Å². The number of hydrogen-bond acceptors (Lipinski definition) is 3. The van der Waals surface area contributed by atoms with Gasteiger partial charge in [0.1, 0.15) is 17.5 Å². The largest absolute Gasteiger partial charge is 0.329 e. The molecule has 22 heavy (non-hydrogen) atoms. The highest BCUT2D eigenvalue weighted by Crippen LogP contribution is 2.34. The lowest BCUT2D eigenvalue weighted by molar-refractivity contribution is 0.191. The van der Waals surface area contributed by atoms with Crippen LogP contribution in [0, 0.1) is 23.4 Å². The van der Waals surface area contributed by atoms with Crippen LogP contribution in [0.5, 0.6) is 0 Å². The molecule has 2 atom stereocenters. The van der Waals surface area contributed by atoms with Gasteiger partial charge in [-0.15, -0.1) is 0 Å². The number of rotatable bonds is 4. The number of hydrogen-bond donors (Lipinski definition) is 2. The van der Waals surface area contributed by atoms with Crippen LogP contribution in [0.3, 0.4) is 0 Å². The molecule has 0 bridgehead atoms. The molecule has 1 aromatic rings. The summed E-state index contributed by atoms with van der Waals surface area (Å²) in [6, 6.07) is 0.689. The van der Waals surface area contributed by atoms with E-state index in [9.17, 15) is 21.6 Å². The van der Waals surface area contributed by atoms with Gasteiger partial charge in [-0.1, -0.05) is 19.8 Å². The monoisotopic (exact) mass is 336 g/mol. The van der Waals surface area contributed by atoms with Crippen molar-refractivity contribution in [3.63, 3.8) is 0 Å². The third-order valence-corrected chi connectivity index (χ3v) is 5.99. The van der Waals surface area contributed by atoms with Crippen LogP contribution in [-0.4, -0.2) is 20.5 Å². The molecule has 0 aromatic heterocycles. The van der Waals surface area contributed by atoms with Crippen LogP contribution in [-0.2, 0) is 10.0 Å². The van der Waals surface area contributed by atoms with Crippen molar-refractivity contribution in [2.45, 2.75) is 43.0 Å². The third kappa shape index (κ3) is 3.13. The standard InChI is InChI=1S/C14H19F3N2O2S/c1-9-4-2-3-5-14(9,8-18)19-22(20,21)13-11(16)6-10(15)7-12(13)17/h6-7,9,19H,2-5,8,18H2,1H3. The van der Waals surface area contributed by atoms with Gasteiger partial charge in [-0.3, -0.25) is 0 Å². The topological polar surface area (TPSA) is 72.2 Å². The highest BCUT2D eigenvalue weighted by molar-refractivity contribution is 7.89. The second kappa shape index (κ2) is 6.17. The van der Waals surface area contributed by atoms with Gasteiger partial charge in [0.2, 0.25) is 10.0 Å². The van der Waals surface area contributed by atoms with Gasteiger partial charge in [0.05, 0.1) is 0 Å². The first-order valence-corrected chi connectivity index (χ1v) is 8.59. The second-order valence-electron chi connectivity index (χ2n) is 5.81. The Hall–Kier alpha value is -1.12. The van der Waals surface area contributed by atoms with E-state index in [1.54, 1.807) is 0 Å². The molecule has 0 spiro atoms. The Balaban J connectivity index is 2.43. The van der Waals surface area contributed by atoms with Gasteiger partial charge < -0.3 is 5.73 Å². The zero-order valence-electron chi connectivity index (χ0n) is 12.2. The molecule has 0 aliphatic heterocycles. The van der Waals surface area contributed by atoms with Gasteiger partial charge in [-0.2, -0.15) is 0 Å². The van der Waals surface area contributed by atoms with E-state index >= 15 is 0 Å². The number of halogens is 3. The zero-order valence-corrected chi connectivity index (χ0v) is 13.0. The van der Waals surface area contributed by atoms with E-state index in [4.69, 9.17) is 5.73 Å². The number of sulfonamides is 1. The first-order valence-electron chi connectivity index (χ1n) is 7.10. The summed E-state index contributed by atoms with van der Waals surface area (Å²) in [5, 5.41) is 0. The second-order valence-corrected chi connectivity index (χ2v) is 7.43. The SMILES string of the molecule is CC1CCCCC1(CN)NS(=O)(=O)c1c(F)cc(F)cc1F. The van der Waals surface area contributed by atoms with E-state index in [1.807, 2.05) is 6.92 Å². The van der Waals surface area contributed by atoms with E-state index < -0.39 is 37.9 Å². The Morgan fingerprint density at radius 2 is 1.86 bits per heavy atom. The molecule has 124 valence electrons. The van der Waals surface area contributed by atoms with Gasteiger partial charge in [0, 0.05) is 24.2 Å². The molecular formula is C14H19F3N2O2S. The summed E-state index contributed by atoms with van der Waals surface area (Å²) in [6.45, 7) is 1.88. The van der Waals surface area contributed by atoms with Crippen LogP contribution in [0.2, 0.25) is 0 Å². The van der Waals surface area contributed by atoms with Gasteiger partial charge >= 0.3 is 0 Å². The molecule has 1 aromatic carbocycles. The Labute approximate surface area is 127 Å². The van der Waals surface area contributed by atoms with Crippen LogP contribution < -0.4 is 10.5 Å². The normalized spacial score (nSPS) is 26.1. The molecule has 1 aliphatic rings. The van der Waals surface area contributed by atoms with Gasteiger partial charge in [-0.25, -0.2) is 26.3 Å². The minimum atomic E-state index is -4.49. The summed E-state index contributed by atoms with van der Waals surface area (Å²) < 4.78 is 67.6. The first kappa shape index (κ1) is 17.2. The third-order valence-electron chi connectivity index (χ3n) is 4.39. The predicted octanol–water partition coefficient (Wildman–Crippen LogP) is 2.29. The molecule has 1 fully saturated rings. The Kier molecular flexibility index (Phi) is 4.84.